The summed E-state index contributed by atoms with van der Waals surface area (Å²) >= 11 is 1.91. The van der Waals surface area contributed by atoms with E-state index in [1.165, 1.54) is 9.75 Å². The minimum Gasteiger partial charge on any atom is -0.339 e. The smallest absolute Gasteiger partial charge is 0.240 e. The van der Waals surface area contributed by atoms with Crippen molar-refractivity contribution in [3.05, 3.63) is 21.9 Å². The van der Waals surface area contributed by atoms with Crippen LogP contribution in [0.3, 0.4) is 0 Å². The standard InChI is InChI=1S/C19H30N4OS/c1-14-4-5-16(25-14)12-22-11-15-10-17(21(3)18(15)13-22)19(24)23-8-6-20(2)7-9-23/h4-5,15,17-18H,6-13H2,1-3H3/t15-,17-,18+/m0/s1. The Morgan fingerprint density at radius 1 is 1.16 bits per heavy atom. The maximum Gasteiger partial charge on any atom is 0.240 e. The molecule has 25 heavy (non-hydrogen) atoms. The summed E-state index contributed by atoms with van der Waals surface area (Å²) in [5.74, 6) is 1.01. The second-order valence-electron chi connectivity index (χ2n) is 8.08. The van der Waals surface area contributed by atoms with Gasteiger partial charge in [0.15, 0.2) is 0 Å². The molecule has 3 aliphatic heterocycles. The Labute approximate surface area is 155 Å². The largest absolute Gasteiger partial charge is 0.339 e. The van der Waals surface area contributed by atoms with Crippen LogP contribution in [0.15, 0.2) is 12.1 Å². The normalized spacial score (nSPS) is 31.6. The molecule has 3 aliphatic rings. The van der Waals surface area contributed by atoms with Crippen molar-refractivity contribution in [2.75, 3.05) is 53.4 Å². The number of likely N-dealkylation sites (tertiary alicyclic amines) is 2. The zero-order valence-corrected chi connectivity index (χ0v) is 16.5. The first-order valence-corrected chi connectivity index (χ1v) is 10.3. The van der Waals surface area contributed by atoms with E-state index in [9.17, 15) is 4.79 Å². The summed E-state index contributed by atoms with van der Waals surface area (Å²) in [6, 6.07) is 5.12. The van der Waals surface area contributed by atoms with Gasteiger partial charge in [-0.3, -0.25) is 14.6 Å². The van der Waals surface area contributed by atoms with E-state index in [2.05, 4.69) is 52.8 Å². The predicted octanol–water partition coefficient (Wildman–Crippen LogP) is 1.34. The van der Waals surface area contributed by atoms with Crippen LogP contribution in [-0.2, 0) is 11.3 Å². The Balaban J connectivity index is 1.34. The third-order valence-corrected chi connectivity index (χ3v) is 7.28. The van der Waals surface area contributed by atoms with Crippen LogP contribution in [0.1, 0.15) is 16.2 Å². The molecule has 1 aromatic rings. The van der Waals surface area contributed by atoms with Crippen LogP contribution in [0, 0.1) is 12.8 Å². The molecule has 0 spiro atoms. The molecule has 5 nitrogen and oxygen atoms in total. The van der Waals surface area contributed by atoms with Gasteiger partial charge in [-0.05, 0) is 45.5 Å². The van der Waals surface area contributed by atoms with Crippen molar-refractivity contribution in [1.82, 2.24) is 19.6 Å². The lowest BCUT2D eigenvalue weighted by molar-refractivity contribution is -0.137. The number of hydrogen-bond donors (Lipinski definition) is 0. The molecule has 0 saturated carbocycles. The number of carbonyl (C=O) groups excluding carboxylic acids is 1. The van der Waals surface area contributed by atoms with E-state index >= 15 is 0 Å². The fourth-order valence-corrected chi connectivity index (χ4v) is 5.68. The van der Waals surface area contributed by atoms with Gasteiger partial charge >= 0.3 is 0 Å². The highest BCUT2D eigenvalue weighted by atomic mass is 32.1. The fraction of sp³-hybridized carbons (Fsp3) is 0.737. The van der Waals surface area contributed by atoms with Gasteiger partial charge < -0.3 is 9.80 Å². The van der Waals surface area contributed by atoms with Gasteiger partial charge in [0.05, 0.1) is 6.04 Å². The third kappa shape index (κ3) is 3.50. The quantitative estimate of drug-likeness (QED) is 0.812. The minimum atomic E-state index is 0.101. The van der Waals surface area contributed by atoms with Crippen molar-refractivity contribution >= 4 is 17.2 Å². The molecule has 0 aliphatic carbocycles. The third-order valence-electron chi connectivity index (χ3n) is 6.30. The molecule has 1 amide bonds. The molecule has 3 saturated heterocycles. The summed E-state index contributed by atoms with van der Waals surface area (Å²) in [7, 11) is 4.31. The Bertz CT molecular complexity index is 625. The van der Waals surface area contributed by atoms with E-state index in [0.717, 1.165) is 52.2 Å². The Morgan fingerprint density at radius 2 is 1.92 bits per heavy atom. The van der Waals surface area contributed by atoms with E-state index in [1.54, 1.807) is 0 Å². The Morgan fingerprint density at radius 3 is 2.56 bits per heavy atom. The van der Waals surface area contributed by atoms with Gasteiger partial charge in [0.2, 0.25) is 5.91 Å². The second-order valence-corrected chi connectivity index (χ2v) is 9.45. The Kier molecular flexibility index (Phi) is 4.88. The summed E-state index contributed by atoms with van der Waals surface area (Å²) in [6.45, 7) is 9.26. The van der Waals surface area contributed by atoms with Crippen molar-refractivity contribution in [2.24, 2.45) is 5.92 Å². The van der Waals surface area contributed by atoms with Crippen LogP contribution in [0.25, 0.3) is 0 Å². The lowest BCUT2D eigenvalue weighted by Gasteiger charge is -2.36. The zero-order valence-electron chi connectivity index (χ0n) is 15.6. The highest BCUT2D eigenvalue weighted by Gasteiger charge is 2.48. The summed E-state index contributed by atoms with van der Waals surface area (Å²) in [4.78, 5) is 25.2. The van der Waals surface area contributed by atoms with Crippen molar-refractivity contribution in [2.45, 2.75) is 32.0 Å². The topological polar surface area (TPSA) is 30.0 Å². The van der Waals surface area contributed by atoms with Crippen molar-refractivity contribution < 1.29 is 4.79 Å². The number of rotatable bonds is 3. The zero-order chi connectivity index (χ0) is 17.6. The van der Waals surface area contributed by atoms with Crippen LogP contribution in [-0.4, -0.2) is 91.0 Å². The molecule has 0 bridgehead atoms. The van der Waals surface area contributed by atoms with E-state index < -0.39 is 0 Å². The number of likely N-dealkylation sites (N-methyl/N-ethyl adjacent to an activating group) is 2. The van der Waals surface area contributed by atoms with Crippen molar-refractivity contribution in [3.8, 4) is 0 Å². The second kappa shape index (κ2) is 6.99. The maximum atomic E-state index is 13.0. The lowest BCUT2D eigenvalue weighted by Crippen LogP contribution is -2.53. The van der Waals surface area contributed by atoms with E-state index in [-0.39, 0.29) is 6.04 Å². The van der Waals surface area contributed by atoms with Crippen LogP contribution in [0.4, 0.5) is 0 Å². The van der Waals surface area contributed by atoms with Crippen molar-refractivity contribution in [1.29, 1.82) is 0 Å². The molecule has 0 N–H and O–H groups in total. The fourth-order valence-electron chi connectivity index (χ4n) is 4.75. The number of thiophene rings is 1. The van der Waals surface area contributed by atoms with Gasteiger partial charge in [0.1, 0.15) is 0 Å². The van der Waals surface area contributed by atoms with Crippen LogP contribution < -0.4 is 0 Å². The molecule has 0 unspecified atom stereocenters. The van der Waals surface area contributed by atoms with Crippen LogP contribution in [0.5, 0.6) is 0 Å². The van der Waals surface area contributed by atoms with E-state index in [0.29, 0.717) is 17.9 Å². The SMILES string of the molecule is Cc1ccc(CN2C[C@@H]3C[C@@H](C(=O)N4CCN(C)CC4)N(C)[C@@H]3C2)s1. The maximum absolute atomic E-state index is 13.0. The number of piperazine rings is 1. The van der Waals surface area contributed by atoms with Gasteiger partial charge in [0.25, 0.3) is 0 Å². The minimum absolute atomic E-state index is 0.101. The molecule has 6 heteroatoms. The molecule has 3 atom stereocenters. The van der Waals surface area contributed by atoms with Gasteiger partial charge in [-0.15, -0.1) is 11.3 Å². The molecule has 4 rings (SSSR count). The Hall–Kier alpha value is -0.950. The number of carbonyl (C=O) groups is 1. The number of nitrogens with zero attached hydrogens (tertiary/aromatic N) is 4. The molecule has 138 valence electrons. The first-order chi connectivity index (χ1) is 12.0. The van der Waals surface area contributed by atoms with Gasteiger partial charge in [-0.2, -0.15) is 0 Å². The number of amides is 1. The monoisotopic (exact) mass is 362 g/mol. The van der Waals surface area contributed by atoms with Gasteiger partial charge in [-0.25, -0.2) is 0 Å². The van der Waals surface area contributed by atoms with Crippen LogP contribution in [0.2, 0.25) is 0 Å². The van der Waals surface area contributed by atoms with E-state index in [4.69, 9.17) is 0 Å². The number of fused-ring (bicyclic) bond motifs is 1. The summed E-state index contributed by atoms with van der Waals surface area (Å²) < 4.78 is 0. The summed E-state index contributed by atoms with van der Waals surface area (Å²) in [5, 5.41) is 0. The highest BCUT2D eigenvalue weighted by molar-refractivity contribution is 7.11. The van der Waals surface area contributed by atoms with Crippen LogP contribution >= 0.6 is 11.3 Å². The van der Waals surface area contributed by atoms with Crippen molar-refractivity contribution in [3.63, 3.8) is 0 Å². The van der Waals surface area contributed by atoms with Gasteiger partial charge in [0, 0.05) is 61.6 Å². The van der Waals surface area contributed by atoms with E-state index in [1.807, 2.05) is 11.3 Å². The molecule has 1 aromatic heterocycles. The molecular formula is C19H30N4OS. The molecule has 3 fully saturated rings. The highest BCUT2D eigenvalue weighted by Crippen LogP contribution is 2.36. The summed E-state index contributed by atoms with van der Waals surface area (Å²) in [6.07, 6.45) is 1.03. The molecule has 4 heterocycles. The molecule has 0 aromatic carbocycles. The predicted molar refractivity (Wildman–Crippen MR) is 102 cm³/mol. The average molecular weight is 363 g/mol. The van der Waals surface area contributed by atoms with Gasteiger partial charge in [-0.1, -0.05) is 0 Å². The average Bonchev–Trinajstić information content (AvgIpc) is 3.25. The number of hydrogen-bond acceptors (Lipinski definition) is 5. The first kappa shape index (κ1) is 17.5. The molecule has 0 radical (unpaired) electrons. The number of aryl methyl sites for hydroxylation is 1. The summed E-state index contributed by atoms with van der Waals surface area (Å²) in [5.41, 5.74) is 0. The first-order valence-electron chi connectivity index (χ1n) is 9.48. The molecular weight excluding hydrogens is 332 g/mol. The lowest BCUT2D eigenvalue weighted by atomic mass is 10.0.